The van der Waals surface area contributed by atoms with Crippen molar-refractivity contribution in [2.24, 2.45) is 0 Å². The van der Waals surface area contributed by atoms with Crippen LogP contribution in [0, 0.1) is 0 Å². The summed E-state index contributed by atoms with van der Waals surface area (Å²) in [5.74, 6) is -0.177. The minimum absolute atomic E-state index is 0.177. The summed E-state index contributed by atoms with van der Waals surface area (Å²) < 4.78 is 2.10. The number of anilines is 2. The molecule has 8 heteroatoms. The van der Waals surface area contributed by atoms with Gasteiger partial charge < -0.3 is 15.1 Å². The molecule has 5 rings (SSSR count). The van der Waals surface area contributed by atoms with Crippen LogP contribution in [0.25, 0.3) is 20.4 Å². The quantitative estimate of drug-likeness (QED) is 0.556. The van der Waals surface area contributed by atoms with Crippen LogP contribution in [0.3, 0.4) is 0 Å². The third-order valence-corrected chi connectivity index (χ3v) is 7.01. The number of likely N-dealkylation sites (N-methyl/N-ethyl adjacent to an activating group) is 1. The van der Waals surface area contributed by atoms with Gasteiger partial charge in [0.05, 0.1) is 20.4 Å². The molecular weight excluding hydrogens is 390 g/mol. The highest BCUT2D eigenvalue weighted by Gasteiger charge is 2.18. The number of nitrogens with one attached hydrogen (secondary N) is 1. The number of aromatic nitrogens is 2. The van der Waals surface area contributed by atoms with Gasteiger partial charge in [0.1, 0.15) is 0 Å². The molecule has 0 radical (unpaired) electrons. The number of amides is 1. The van der Waals surface area contributed by atoms with Gasteiger partial charge >= 0.3 is 0 Å². The van der Waals surface area contributed by atoms with E-state index in [1.807, 2.05) is 42.5 Å². The Kier molecular flexibility index (Phi) is 4.46. The first-order valence-corrected chi connectivity index (χ1v) is 10.8. The number of rotatable bonds is 3. The van der Waals surface area contributed by atoms with Crippen LogP contribution in [-0.2, 0) is 0 Å². The maximum absolute atomic E-state index is 12.6. The minimum Gasteiger partial charge on any atom is -0.345 e. The van der Waals surface area contributed by atoms with Crippen molar-refractivity contribution in [2.75, 3.05) is 43.4 Å². The number of carbonyl (C=O) groups excluding carboxylic acids is 1. The van der Waals surface area contributed by atoms with Crippen molar-refractivity contribution in [1.82, 2.24) is 14.9 Å². The van der Waals surface area contributed by atoms with Crippen LogP contribution < -0.4 is 10.2 Å². The second kappa shape index (κ2) is 7.12. The zero-order chi connectivity index (χ0) is 19.1. The summed E-state index contributed by atoms with van der Waals surface area (Å²) in [4.78, 5) is 26.5. The normalized spacial score (nSPS) is 15.4. The highest BCUT2D eigenvalue weighted by Crippen LogP contribution is 2.31. The highest BCUT2D eigenvalue weighted by molar-refractivity contribution is 7.22. The van der Waals surface area contributed by atoms with Crippen molar-refractivity contribution in [3.05, 3.63) is 47.5 Å². The number of hydrogen-bond donors (Lipinski definition) is 1. The van der Waals surface area contributed by atoms with Gasteiger partial charge in [-0.2, -0.15) is 0 Å². The van der Waals surface area contributed by atoms with Crippen LogP contribution in [0.5, 0.6) is 0 Å². The number of nitrogens with zero attached hydrogens (tertiary/aromatic N) is 4. The second-order valence-corrected chi connectivity index (χ2v) is 8.95. The maximum Gasteiger partial charge on any atom is 0.284 e. The zero-order valence-electron chi connectivity index (χ0n) is 15.4. The molecule has 1 aliphatic heterocycles. The lowest BCUT2D eigenvalue weighted by atomic mass is 10.3. The molecule has 4 aromatic rings. The summed E-state index contributed by atoms with van der Waals surface area (Å²) in [5.41, 5.74) is 2.59. The summed E-state index contributed by atoms with van der Waals surface area (Å²) in [6, 6.07) is 13.7. The van der Waals surface area contributed by atoms with E-state index in [9.17, 15) is 4.79 Å². The Morgan fingerprint density at radius 2 is 1.75 bits per heavy atom. The molecule has 142 valence electrons. The number of piperazine rings is 1. The van der Waals surface area contributed by atoms with Gasteiger partial charge in [0.25, 0.3) is 5.91 Å². The Bertz CT molecular complexity index is 1130. The summed E-state index contributed by atoms with van der Waals surface area (Å²) >= 11 is 3.09. The molecule has 1 saturated heterocycles. The molecule has 2 aromatic heterocycles. The lowest BCUT2D eigenvalue weighted by Gasteiger charge is -2.31. The Labute approximate surface area is 170 Å². The van der Waals surface area contributed by atoms with Crippen LogP contribution in [0.4, 0.5) is 10.8 Å². The zero-order valence-corrected chi connectivity index (χ0v) is 17.0. The fourth-order valence-electron chi connectivity index (χ4n) is 3.28. The third kappa shape index (κ3) is 3.34. The number of thiazole rings is 2. The maximum atomic E-state index is 12.6. The first kappa shape index (κ1) is 17.5. The molecule has 0 saturated carbocycles. The summed E-state index contributed by atoms with van der Waals surface area (Å²) in [7, 11) is 2.15. The number of hydrogen-bond acceptors (Lipinski definition) is 7. The van der Waals surface area contributed by atoms with E-state index >= 15 is 0 Å². The van der Waals surface area contributed by atoms with Crippen LogP contribution in [0.15, 0.2) is 42.5 Å². The minimum atomic E-state index is -0.177. The van der Waals surface area contributed by atoms with Gasteiger partial charge in [0.15, 0.2) is 10.1 Å². The lowest BCUT2D eigenvalue weighted by Crippen LogP contribution is -2.44. The molecule has 28 heavy (non-hydrogen) atoms. The van der Waals surface area contributed by atoms with Crippen molar-refractivity contribution in [3.8, 4) is 0 Å². The fraction of sp³-hybridized carbons (Fsp3) is 0.250. The van der Waals surface area contributed by atoms with E-state index in [4.69, 9.17) is 4.98 Å². The molecule has 2 aromatic carbocycles. The van der Waals surface area contributed by atoms with Crippen LogP contribution >= 0.6 is 22.7 Å². The molecular formula is C20H19N5OS2. The molecule has 0 aliphatic carbocycles. The molecule has 1 amide bonds. The Morgan fingerprint density at radius 1 is 0.964 bits per heavy atom. The molecule has 1 fully saturated rings. The highest BCUT2D eigenvalue weighted by atomic mass is 32.1. The van der Waals surface area contributed by atoms with E-state index < -0.39 is 0 Å². The predicted octanol–water partition coefficient (Wildman–Crippen LogP) is 3.91. The Hall–Kier alpha value is -2.55. The van der Waals surface area contributed by atoms with Crippen molar-refractivity contribution in [1.29, 1.82) is 0 Å². The first-order valence-electron chi connectivity index (χ1n) is 9.17. The van der Waals surface area contributed by atoms with Gasteiger partial charge in [-0.15, -0.1) is 11.3 Å². The van der Waals surface area contributed by atoms with E-state index in [1.54, 1.807) is 11.3 Å². The van der Waals surface area contributed by atoms with Gasteiger partial charge in [0.2, 0.25) is 0 Å². The van der Waals surface area contributed by atoms with Crippen molar-refractivity contribution >= 4 is 59.8 Å². The van der Waals surface area contributed by atoms with Crippen molar-refractivity contribution in [2.45, 2.75) is 0 Å². The van der Waals surface area contributed by atoms with Crippen molar-refractivity contribution in [3.63, 3.8) is 0 Å². The molecule has 0 atom stereocenters. The van der Waals surface area contributed by atoms with E-state index in [2.05, 4.69) is 27.1 Å². The average molecular weight is 410 g/mol. The largest absolute Gasteiger partial charge is 0.345 e. The SMILES string of the molecule is CN1CCN(c2nc3ccc(NC(=O)c4nc5ccccc5s4)cc3s2)CC1. The van der Waals surface area contributed by atoms with Crippen LogP contribution in [0.2, 0.25) is 0 Å². The van der Waals surface area contributed by atoms with Gasteiger partial charge in [-0.25, -0.2) is 9.97 Å². The molecule has 0 unspecified atom stereocenters. The fourth-order valence-corrected chi connectivity index (χ4v) is 5.19. The van der Waals surface area contributed by atoms with Gasteiger partial charge in [0, 0.05) is 31.9 Å². The van der Waals surface area contributed by atoms with Crippen molar-refractivity contribution < 1.29 is 4.79 Å². The average Bonchev–Trinajstić information content (AvgIpc) is 3.32. The van der Waals surface area contributed by atoms with E-state index in [1.165, 1.54) is 11.3 Å². The lowest BCUT2D eigenvalue weighted by molar-refractivity contribution is 0.102. The molecule has 3 heterocycles. The molecule has 1 aliphatic rings. The number of para-hydroxylation sites is 1. The topological polar surface area (TPSA) is 61.4 Å². The van der Waals surface area contributed by atoms with Gasteiger partial charge in [-0.1, -0.05) is 23.5 Å². The Morgan fingerprint density at radius 3 is 2.57 bits per heavy atom. The summed E-state index contributed by atoms with van der Waals surface area (Å²) in [6.07, 6.45) is 0. The van der Waals surface area contributed by atoms with Crippen LogP contribution in [-0.4, -0.2) is 54.0 Å². The van der Waals surface area contributed by atoms with Gasteiger partial charge in [-0.05, 0) is 37.4 Å². The molecule has 1 N–H and O–H groups in total. The molecule has 6 nitrogen and oxygen atoms in total. The third-order valence-electron chi connectivity index (χ3n) is 4.90. The van der Waals surface area contributed by atoms with Gasteiger partial charge in [-0.3, -0.25) is 4.79 Å². The van der Waals surface area contributed by atoms with E-state index in [0.717, 1.165) is 57.4 Å². The summed E-state index contributed by atoms with van der Waals surface area (Å²) in [6.45, 7) is 4.11. The molecule has 0 spiro atoms. The number of fused-ring (bicyclic) bond motifs is 2. The van der Waals surface area contributed by atoms with Crippen LogP contribution in [0.1, 0.15) is 9.80 Å². The standard InChI is InChI=1S/C20H19N5OS2/c1-24-8-10-25(11-9-24)20-23-15-7-6-13(12-17(15)28-20)21-18(26)19-22-14-4-2-3-5-16(14)27-19/h2-7,12H,8-11H2,1H3,(H,21,26). The smallest absolute Gasteiger partial charge is 0.284 e. The predicted molar refractivity (Wildman–Crippen MR) is 117 cm³/mol. The second-order valence-electron chi connectivity index (χ2n) is 6.91. The summed E-state index contributed by atoms with van der Waals surface area (Å²) in [5, 5.41) is 4.50. The van der Waals surface area contributed by atoms with E-state index in [0.29, 0.717) is 5.01 Å². The first-order chi connectivity index (χ1) is 13.7. The molecule has 0 bridgehead atoms. The number of carbonyl (C=O) groups is 1. The van der Waals surface area contributed by atoms with E-state index in [-0.39, 0.29) is 5.91 Å². The number of benzene rings is 2. The Balaban J connectivity index is 1.36. The monoisotopic (exact) mass is 409 g/mol.